The number of aryl methyl sites for hydroxylation is 2. The van der Waals surface area contributed by atoms with Gasteiger partial charge in [0.25, 0.3) is 0 Å². The number of hydrogen-bond acceptors (Lipinski definition) is 4. The molecular weight excluding hydrogens is 296 g/mol. The molecular formula is C17H16N2O4-2. The Labute approximate surface area is 133 Å². The van der Waals surface area contributed by atoms with Crippen LogP contribution in [0.1, 0.15) is 22.3 Å². The molecule has 0 aromatic heterocycles. The molecule has 0 radical (unpaired) electrons. The fourth-order valence-electron chi connectivity index (χ4n) is 2.41. The van der Waals surface area contributed by atoms with Crippen molar-refractivity contribution in [3.8, 4) is 0 Å². The van der Waals surface area contributed by atoms with Crippen molar-refractivity contribution < 1.29 is 19.8 Å². The molecule has 0 atom stereocenters. The molecule has 0 spiro atoms. The van der Waals surface area contributed by atoms with Gasteiger partial charge in [0.05, 0.1) is 0 Å². The van der Waals surface area contributed by atoms with Crippen LogP contribution in [-0.4, -0.2) is 12.2 Å². The first-order chi connectivity index (χ1) is 10.8. The number of carbonyl (C=O) groups is 2. The maximum atomic E-state index is 10.6. The summed E-state index contributed by atoms with van der Waals surface area (Å²) in [4.78, 5) is 21.1. The van der Waals surface area contributed by atoms with Gasteiger partial charge >= 0.3 is 0 Å². The van der Waals surface area contributed by atoms with E-state index < -0.39 is 12.2 Å². The van der Waals surface area contributed by atoms with Crippen LogP contribution in [0.25, 0.3) is 0 Å². The molecule has 23 heavy (non-hydrogen) atoms. The lowest BCUT2D eigenvalue weighted by molar-refractivity contribution is -0.243. The molecule has 0 aliphatic heterocycles. The van der Waals surface area contributed by atoms with Gasteiger partial charge in [0.15, 0.2) is 0 Å². The zero-order valence-electron chi connectivity index (χ0n) is 12.8. The SMILES string of the molecule is Cc1cc(Cc2ccc(NC(=O)[O-])c(C)c2)ccc1NC(=O)[O-]. The average molecular weight is 312 g/mol. The Morgan fingerprint density at radius 3 is 1.52 bits per heavy atom. The highest BCUT2D eigenvalue weighted by Gasteiger charge is 2.04. The summed E-state index contributed by atoms with van der Waals surface area (Å²) in [5, 5.41) is 25.6. The van der Waals surface area contributed by atoms with Crippen molar-refractivity contribution in [1.82, 2.24) is 0 Å². The Hall–Kier alpha value is -3.02. The first-order valence-corrected chi connectivity index (χ1v) is 7.00. The van der Waals surface area contributed by atoms with Gasteiger partial charge in [0, 0.05) is 11.4 Å². The minimum absolute atomic E-state index is 0.499. The zero-order valence-corrected chi connectivity index (χ0v) is 12.8. The van der Waals surface area contributed by atoms with E-state index in [2.05, 4.69) is 10.6 Å². The van der Waals surface area contributed by atoms with Crippen LogP contribution in [0.15, 0.2) is 36.4 Å². The Morgan fingerprint density at radius 1 is 0.826 bits per heavy atom. The van der Waals surface area contributed by atoms with Gasteiger partial charge in [0.2, 0.25) is 0 Å². The van der Waals surface area contributed by atoms with Crippen LogP contribution in [0.2, 0.25) is 0 Å². The molecule has 0 bridgehead atoms. The number of nitrogens with one attached hydrogen (secondary N) is 2. The Bertz CT molecular complexity index is 693. The van der Waals surface area contributed by atoms with Gasteiger partial charge in [-0.3, -0.25) is 0 Å². The fraction of sp³-hybridized carbons (Fsp3) is 0.176. The molecule has 0 aliphatic rings. The van der Waals surface area contributed by atoms with Crippen LogP contribution >= 0.6 is 0 Å². The van der Waals surface area contributed by atoms with E-state index in [0.717, 1.165) is 22.3 Å². The molecule has 6 nitrogen and oxygen atoms in total. The first kappa shape index (κ1) is 16.4. The summed E-state index contributed by atoms with van der Waals surface area (Å²) < 4.78 is 0. The molecule has 0 saturated heterocycles. The summed E-state index contributed by atoms with van der Waals surface area (Å²) in [5.74, 6) is 0. The van der Waals surface area contributed by atoms with E-state index >= 15 is 0 Å². The second-order valence-corrected chi connectivity index (χ2v) is 5.30. The Balaban J connectivity index is 2.16. The lowest BCUT2D eigenvalue weighted by Crippen LogP contribution is -2.29. The van der Waals surface area contributed by atoms with Gasteiger partial charge in [-0.15, -0.1) is 0 Å². The fourth-order valence-corrected chi connectivity index (χ4v) is 2.41. The van der Waals surface area contributed by atoms with Crippen molar-refractivity contribution in [2.45, 2.75) is 20.3 Å². The van der Waals surface area contributed by atoms with Crippen molar-refractivity contribution >= 4 is 23.6 Å². The van der Waals surface area contributed by atoms with Crippen LogP contribution in [0.3, 0.4) is 0 Å². The number of amides is 2. The first-order valence-electron chi connectivity index (χ1n) is 7.00. The summed E-state index contributed by atoms with van der Waals surface area (Å²) >= 11 is 0. The number of benzene rings is 2. The van der Waals surface area contributed by atoms with Gasteiger partial charge in [-0.05, 0) is 54.7 Å². The molecule has 2 rings (SSSR count). The van der Waals surface area contributed by atoms with E-state index in [1.54, 1.807) is 12.1 Å². The van der Waals surface area contributed by atoms with Gasteiger partial charge in [-0.1, -0.05) is 24.3 Å². The predicted octanol–water partition coefficient (Wildman–Crippen LogP) is 1.40. The topological polar surface area (TPSA) is 104 Å². The molecule has 0 aliphatic carbocycles. The van der Waals surface area contributed by atoms with Crippen LogP contribution in [0.4, 0.5) is 21.0 Å². The van der Waals surface area contributed by atoms with Crippen LogP contribution in [0.5, 0.6) is 0 Å². The number of hydrogen-bond donors (Lipinski definition) is 2. The minimum Gasteiger partial charge on any atom is -0.530 e. The largest absolute Gasteiger partial charge is 0.530 e. The molecule has 0 saturated carbocycles. The normalized spacial score (nSPS) is 10.2. The Kier molecular flexibility index (Phi) is 4.85. The zero-order chi connectivity index (χ0) is 17.0. The lowest BCUT2D eigenvalue weighted by Gasteiger charge is -2.13. The molecule has 2 aromatic carbocycles. The molecule has 0 fully saturated rings. The van der Waals surface area contributed by atoms with Gasteiger partial charge in [-0.25, -0.2) is 0 Å². The summed E-state index contributed by atoms with van der Waals surface area (Å²) in [6, 6.07) is 10.8. The predicted molar refractivity (Wildman–Crippen MR) is 83.2 cm³/mol. The van der Waals surface area contributed by atoms with Gasteiger partial charge < -0.3 is 30.4 Å². The number of carbonyl (C=O) groups excluding carboxylic acids is 2. The maximum absolute atomic E-state index is 10.6. The summed E-state index contributed by atoms with van der Waals surface area (Å²) in [6.45, 7) is 3.62. The number of rotatable bonds is 4. The highest BCUT2D eigenvalue weighted by Crippen LogP contribution is 2.21. The van der Waals surface area contributed by atoms with E-state index in [9.17, 15) is 19.8 Å². The van der Waals surface area contributed by atoms with Crippen molar-refractivity contribution in [3.63, 3.8) is 0 Å². The second kappa shape index (κ2) is 6.83. The number of anilines is 2. The van der Waals surface area contributed by atoms with E-state index in [0.29, 0.717) is 17.8 Å². The van der Waals surface area contributed by atoms with Crippen molar-refractivity contribution in [2.24, 2.45) is 0 Å². The summed E-state index contributed by atoms with van der Waals surface area (Å²) in [6.07, 6.45) is -2.03. The van der Waals surface area contributed by atoms with Crippen molar-refractivity contribution in [1.29, 1.82) is 0 Å². The average Bonchev–Trinajstić information content (AvgIpc) is 2.44. The molecule has 2 amide bonds. The summed E-state index contributed by atoms with van der Waals surface area (Å²) in [5.41, 5.74) is 4.65. The smallest absolute Gasteiger partial charge is 0.138 e. The molecule has 0 heterocycles. The third kappa shape index (κ3) is 4.47. The van der Waals surface area contributed by atoms with Crippen molar-refractivity contribution in [3.05, 3.63) is 58.7 Å². The second-order valence-electron chi connectivity index (χ2n) is 5.30. The lowest BCUT2D eigenvalue weighted by atomic mass is 10.00. The monoisotopic (exact) mass is 312 g/mol. The summed E-state index contributed by atoms with van der Waals surface area (Å²) in [7, 11) is 0. The minimum atomic E-state index is -1.34. The maximum Gasteiger partial charge on any atom is 0.138 e. The molecule has 2 aromatic rings. The molecule has 2 N–H and O–H groups in total. The third-order valence-corrected chi connectivity index (χ3v) is 3.46. The van der Waals surface area contributed by atoms with E-state index in [-0.39, 0.29) is 0 Å². The van der Waals surface area contributed by atoms with Crippen LogP contribution in [0, 0.1) is 13.8 Å². The standard InChI is InChI=1S/C17H18N2O4/c1-10-7-12(3-5-14(10)18-16(20)21)9-13-4-6-15(11(2)8-13)19-17(22)23/h3-8,18-19H,9H2,1-2H3,(H,20,21)(H,22,23)/p-2. The number of carboxylic acid groups (broad SMARTS) is 2. The van der Waals surface area contributed by atoms with Crippen molar-refractivity contribution in [2.75, 3.05) is 10.6 Å². The quantitative estimate of drug-likeness (QED) is 0.890. The molecule has 6 heteroatoms. The Morgan fingerprint density at radius 2 is 1.22 bits per heavy atom. The third-order valence-electron chi connectivity index (χ3n) is 3.46. The van der Waals surface area contributed by atoms with Crippen LogP contribution < -0.4 is 20.8 Å². The van der Waals surface area contributed by atoms with E-state index in [1.807, 2.05) is 38.1 Å². The molecule has 120 valence electrons. The highest BCUT2D eigenvalue weighted by atomic mass is 16.4. The molecule has 0 unspecified atom stereocenters. The highest BCUT2D eigenvalue weighted by molar-refractivity contribution is 5.83. The van der Waals surface area contributed by atoms with E-state index in [4.69, 9.17) is 0 Å². The van der Waals surface area contributed by atoms with Gasteiger partial charge in [0.1, 0.15) is 12.2 Å². The van der Waals surface area contributed by atoms with Crippen LogP contribution in [-0.2, 0) is 6.42 Å². The van der Waals surface area contributed by atoms with Gasteiger partial charge in [-0.2, -0.15) is 0 Å². The van der Waals surface area contributed by atoms with E-state index in [1.165, 1.54) is 0 Å².